The second kappa shape index (κ2) is 12.3. The van der Waals surface area contributed by atoms with E-state index in [-0.39, 0.29) is 12.9 Å². The molecule has 2 aliphatic rings. The molecule has 1 amide bonds. The lowest BCUT2D eigenvalue weighted by Crippen LogP contribution is -2.44. The molecule has 1 spiro atoms. The average Bonchev–Trinajstić information content (AvgIpc) is 3.39. The van der Waals surface area contributed by atoms with Gasteiger partial charge in [-0.2, -0.15) is 0 Å². The molecule has 1 saturated heterocycles. The van der Waals surface area contributed by atoms with Gasteiger partial charge in [-0.15, -0.1) is 0 Å². The highest BCUT2D eigenvalue weighted by Crippen LogP contribution is 2.44. The maximum Gasteiger partial charge on any atom is 0.326 e. The molecule has 1 aliphatic heterocycles. The molecular weight excluding hydrogens is 350 g/mol. The monoisotopic (exact) mass is 386 g/mol. The van der Waals surface area contributed by atoms with E-state index in [4.69, 9.17) is 24.2 Å². The molecule has 1 aliphatic carbocycles. The Hall–Kier alpha value is -2.12. The van der Waals surface area contributed by atoms with Crippen LogP contribution in [0.4, 0.5) is 0 Å². The van der Waals surface area contributed by atoms with Gasteiger partial charge < -0.3 is 14.7 Å². The Morgan fingerprint density at radius 2 is 1.67 bits per heavy atom. The maximum absolute atomic E-state index is 12.3. The molecule has 0 bridgehead atoms. The fourth-order valence-corrected chi connectivity index (χ4v) is 3.08. The number of carbonyl (C=O) groups excluding carboxylic acids is 2. The first kappa shape index (κ1) is 18.3. The Kier molecular flexibility index (Phi) is 8.32. The van der Waals surface area contributed by atoms with Gasteiger partial charge in [0.15, 0.2) is 5.96 Å². The summed E-state index contributed by atoms with van der Waals surface area (Å²) in [6.45, 7) is -3.53. The smallest absolute Gasteiger partial charge is 0.326 e. The number of likely N-dealkylation sites (N-methyl/N-ethyl adjacent to an activating group) is 1. The number of amides is 1. The van der Waals surface area contributed by atoms with Crippen molar-refractivity contribution in [2.75, 3.05) is 13.5 Å². The molecule has 2 fully saturated rings. The topological polar surface area (TPSA) is 120 Å². The summed E-state index contributed by atoms with van der Waals surface area (Å²) in [5.41, 5.74) is -0.450. The van der Waals surface area contributed by atoms with E-state index in [9.17, 15) is 9.59 Å². The van der Waals surface area contributed by atoms with Gasteiger partial charge >= 0.3 is 5.97 Å². The molecule has 0 aromatic rings. The van der Waals surface area contributed by atoms with Gasteiger partial charge in [0, 0.05) is 17.5 Å². The van der Waals surface area contributed by atoms with Crippen LogP contribution in [0, 0.1) is 5.41 Å². The molecule has 3 N–H and O–H groups in total. The van der Waals surface area contributed by atoms with Crippen LogP contribution < -0.4 is 5.32 Å². The molecule has 0 aromatic heterocycles. The van der Waals surface area contributed by atoms with Crippen molar-refractivity contribution in [3.05, 3.63) is 0 Å². The molecular formula is C19H33N3O5. The maximum atomic E-state index is 12.3. The highest BCUT2D eigenvalue weighted by molar-refractivity contribution is 5.96. The van der Waals surface area contributed by atoms with E-state index in [0.29, 0.717) is 11.3 Å². The van der Waals surface area contributed by atoms with E-state index in [1.165, 1.54) is 6.42 Å². The Morgan fingerprint density at radius 3 is 2.22 bits per heavy atom. The normalized spacial score (nSPS) is 24.5. The summed E-state index contributed by atoms with van der Waals surface area (Å²) in [5, 5.41) is 17.1. The number of esters is 1. The summed E-state index contributed by atoms with van der Waals surface area (Å²) in [6, 6.07) is 0. The minimum Gasteiger partial charge on any atom is -0.483 e. The average molecular weight is 387 g/mol. The molecule has 0 aromatic carbocycles. The quantitative estimate of drug-likeness (QED) is 0.435. The van der Waals surface area contributed by atoms with Crippen molar-refractivity contribution in [2.24, 2.45) is 0 Å². The summed E-state index contributed by atoms with van der Waals surface area (Å²) < 4.78 is 28.3. The number of ether oxygens (including phenoxy) is 1. The molecule has 0 atom stereocenters. The lowest BCUT2D eigenvalue weighted by atomic mass is 10.0. The van der Waals surface area contributed by atoms with E-state index in [2.05, 4.69) is 5.32 Å². The van der Waals surface area contributed by atoms with Crippen LogP contribution in [-0.2, 0) is 19.1 Å². The van der Waals surface area contributed by atoms with E-state index >= 15 is 0 Å². The zero-order valence-electron chi connectivity index (χ0n) is 18.8. The number of rotatable bonds is 0. The standard InChI is InChI=1S/C18H31N3O3.CH2O2/c1-21-14-16(23)24-18(12-13-18)11-9-7-5-3-2-4-6-8-10-15(22)20-17(21)19;2-1-3/h2-14H2,1H3,(H2,19,20,22);1H,(H,2,3)/i1D3;. The molecule has 1 saturated carbocycles. The Balaban J connectivity index is 0.00000141. The highest BCUT2D eigenvalue weighted by Gasteiger charge is 2.46. The third kappa shape index (κ3) is 9.96. The Labute approximate surface area is 165 Å². The number of hydrogen-bond donors (Lipinski definition) is 3. The van der Waals surface area contributed by atoms with Gasteiger partial charge in [0.2, 0.25) is 5.91 Å². The van der Waals surface area contributed by atoms with Crippen molar-refractivity contribution in [1.82, 2.24) is 10.2 Å². The molecule has 0 unspecified atom stereocenters. The van der Waals surface area contributed by atoms with Crippen LogP contribution in [-0.4, -0.2) is 53.4 Å². The van der Waals surface area contributed by atoms with Gasteiger partial charge in [-0.3, -0.25) is 25.1 Å². The minimum absolute atomic E-state index is 0.241. The second-order valence-electron chi connectivity index (χ2n) is 7.07. The fourth-order valence-electron chi connectivity index (χ4n) is 3.08. The number of hydrogen-bond acceptors (Lipinski definition) is 5. The molecule has 27 heavy (non-hydrogen) atoms. The summed E-state index contributed by atoms with van der Waals surface area (Å²) in [6.07, 6.45) is 11.0. The zero-order chi connectivity index (χ0) is 22.6. The first-order valence-electron chi connectivity index (χ1n) is 11.1. The summed E-state index contributed by atoms with van der Waals surface area (Å²) in [7, 11) is 0. The second-order valence-corrected chi connectivity index (χ2v) is 7.07. The van der Waals surface area contributed by atoms with Gasteiger partial charge in [-0.1, -0.05) is 38.5 Å². The van der Waals surface area contributed by atoms with Gasteiger partial charge in [0.05, 0.1) is 0 Å². The largest absolute Gasteiger partial charge is 0.483 e. The van der Waals surface area contributed by atoms with Crippen LogP contribution in [0.25, 0.3) is 0 Å². The minimum atomic E-state index is -2.71. The number of carbonyl (C=O) groups is 3. The fraction of sp³-hybridized carbons (Fsp3) is 0.789. The summed E-state index contributed by atoms with van der Waals surface area (Å²) >= 11 is 0. The Morgan fingerprint density at radius 1 is 1.11 bits per heavy atom. The van der Waals surface area contributed by atoms with Crippen LogP contribution >= 0.6 is 0 Å². The molecule has 8 nitrogen and oxygen atoms in total. The van der Waals surface area contributed by atoms with Gasteiger partial charge in [-0.05, 0) is 32.1 Å². The third-order valence-electron chi connectivity index (χ3n) is 4.74. The van der Waals surface area contributed by atoms with Gasteiger partial charge in [0.25, 0.3) is 6.47 Å². The number of nitrogens with one attached hydrogen (secondary N) is 2. The lowest BCUT2D eigenvalue weighted by Gasteiger charge is -2.22. The molecule has 2 rings (SSSR count). The highest BCUT2D eigenvalue weighted by atomic mass is 16.6. The van der Waals surface area contributed by atoms with Crippen LogP contribution in [0.3, 0.4) is 0 Å². The molecule has 0 radical (unpaired) electrons. The van der Waals surface area contributed by atoms with Gasteiger partial charge in [0.1, 0.15) is 12.1 Å². The predicted octanol–water partition coefficient (Wildman–Crippen LogP) is 2.66. The number of guanidine groups is 1. The summed E-state index contributed by atoms with van der Waals surface area (Å²) in [5.74, 6) is -1.64. The molecule has 8 heteroatoms. The van der Waals surface area contributed by atoms with Crippen LogP contribution in [0.2, 0.25) is 0 Å². The van der Waals surface area contributed by atoms with E-state index in [0.717, 1.165) is 57.8 Å². The van der Waals surface area contributed by atoms with Crippen molar-refractivity contribution in [1.29, 1.82) is 5.41 Å². The SMILES string of the molecule is O=CO.[2H]C([2H])([2H])N1CC(=O)OC2(CCCCCCCCCCC(=O)NC1=N)CC2. The molecule has 154 valence electrons. The van der Waals surface area contributed by atoms with Crippen molar-refractivity contribution in [3.63, 3.8) is 0 Å². The lowest BCUT2D eigenvalue weighted by molar-refractivity contribution is -0.152. The van der Waals surface area contributed by atoms with Crippen molar-refractivity contribution >= 4 is 24.3 Å². The zero-order valence-corrected chi connectivity index (χ0v) is 15.8. The third-order valence-corrected chi connectivity index (χ3v) is 4.74. The Bertz CT molecular complexity index is 594. The number of carboxylic acid groups (broad SMARTS) is 1. The van der Waals surface area contributed by atoms with Crippen LogP contribution in [0.1, 0.15) is 81.2 Å². The van der Waals surface area contributed by atoms with Gasteiger partial charge in [-0.25, -0.2) is 0 Å². The van der Waals surface area contributed by atoms with E-state index < -0.39 is 37.0 Å². The predicted molar refractivity (Wildman–Crippen MR) is 101 cm³/mol. The van der Waals surface area contributed by atoms with Crippen LogP contribution in [0.15, 0.2) is 0 Å². The summed E-state index contributed by atoms with van der Waals surface area (Å²) in [4.78, 5) is 33.2. The van der Waals surface area contributed by atoms with Crippen molar-refractivity contribution in [2.45, 2.75) is 82.7 Å². The van der Waals surface area contributed by atoms with E-state index in [1.807, 2.05) is 0 Å². The molecule has 1 heterocycles. The van der Waals surface area contributed by atoms with Crippen molar-refractivity contribution in [3.8, 4) is 0 Å². The first-order valence-corrected chi connectivity index (χ1v) is 9.59. The van der Waals surface area contributed by atoms with Crippen LogP contribution in [0.5, 0.6) is 0 Å². The van der Waals surface area contributed by atoms with Crippen molar-refractivity contribution < 1.29 is 28.3 Å². The number of nitrogens with zero attached hydrogens (tertiary/aromatic N) is 1. The van der Waals surface area contributed by atoms with E-state index in [1.54, 1.807) is 0 Å². The first-order chi connectivity index (χ1) is 14.1.